The molecule has 0 unspecified atom stereocenters. The third-order valence-corrected chi connectivity index (χ3v) is 5.44. The first-order valence-electron chi connectivity index (χ1n) is 10.0. The van der Waals surface area contributed by atoms with Crippen LogP contribution in [0, 0.1) is 0 Å². The summed E-state index contributed by atoms with van der Waals surface area (Å²) in [5, 5.41) is 15.5. The van der Waals surface area contributed by atoms with Crippen molar-refractivity contribution in [1.29, 1.82) is 0 Å². The molecule has 0 spiro atoms. The smallest absolute Gasteiger partial charge is 0.315 e. The van der Waals surface area contributed by atoms with Crippen LogP contribution in [0.4, 0.5) is 4.79 Å². The highest BCUT2D eigenvalue weighted by Crippen LogP contribution is 2.19. The van der Waals surface area contributed by atoms with Crippen LogP contribution in [0.1, 0.15) is 38.5 Å². The molecule has 1 aliphatic carbocycles. The van der Waals surface area contributed by atoms with Gasteiger partial charge in [-0.3, -0.25) is 4.79 Å². The number of nitrogens with zero attached hydrogens (tertiary/aromatic N) is 1. The molecule has 3 atom stereocenters. The van der Waals surface area contributed by atoms with Crippen molar-refractivity contribution in [2.24, 2.45) is 0 Å². The lowest BCUT2D eigenvalue weighted by molar-refractivity contribution is -0.139. The fraction of sp³-hybridized carbons (Fsp3) is 0.789. The van der Waals surface area contributed by atoms with Crippen molar-refractivity contribution in [1.82, 2.24) is 15.5 Å². The van der Waals surface area contributed by atoms with Gasteiger partial charge in [0.1, 0.15) is 6.10 Å². The van der Waals surface area contributed by atoms with Crippen LogP contribution in [0.3, 0.4) is 0 Å². The molecule has 0 aromatic rings. The van der Waals surface area contributed by atoms with Crippen molar-refractivity contribution < 1.29 is 24.2 Å². The van der Waals surface area contributed by atoms with E-state index in [1.807, 2.05) is 6.08 Å². The van der Waals surface area contributed by atoms with Crippen LogP contribution in [0.2, 0.25) is 0 Å². The second kappa shape index (κ2) is 10.1. The summed E-state index contributed by atoms with van der Waals surface area (Å²) in [6.07, 6.45) is 8.46. The van der Waals surface area contributed by atoms with Crippen LogP contribution < -0.4 is 10.6 Å². The largest absolute Gasteiger partial charge is 0.394 e. The number of carbonyl (C=O) groups is 2. The highest BCUT2D eigenvalue weighted by Gasteiger charge is 2.30. The molecule has 1 saturated heterocycles. The van der Waals surface area contributed by atoms with Crippen LogP contribution in [0.5, 0.6) is 0 Å². The summed E-state index contributed by atoms with van der Waals surface area (Å²) in [6, 6.07) is -0.423. The molecule has 8 heteroatoms. The van der Waals surface area contributed by atoms with E-state index >= 15 is 0 Å². The quantitative estimate of drug-likeness (QED) is 0.604. The molecule has 27 heavy (non-hydrogen) atoms. The van der Waals surface area contributed by atoms with Crippen LogP contribution in [-0.4, -0.2) is 79.1 Å². The minimum Gasteiger partial charge on any atom is -0.394 e. The van der Waals surface area contributed by atoms with E-state index in [1.54, 1.807) is 11.0 Å². The zero-order valence-corrected chi connectivity index (χ0v) is 15.8. The maximum atomic E-state index is 12.4. The Morgan fingerprint density at radius 3 is 2.52 bits per heavy atom. The molecule has 8 nitrogen and oxygen atoms in total. The number of amides is 3. The first kappa shape index (κ1) is 20.1. The summed E-state index contributed by atoms with van der Waals surface area (Å²) in [7, 11) is 0. The van der Waals surface area contributed by atoms with E-state index < -0.39 is 18.2 Å². The number of hydrogen-bond donors (Lipinski definition) is 3. The Hall–Kier alpha value is -1.64. The van der Waals surface area contributed by atoms with Gasteiger partial charge in [-0.15, -0.1) is 0 Å². The number of rotatable bonds is 5. The Balaban J connectivity index is 1.48. The average molecular weight is 381 g/mol. The fourth-order valence-corrected chi connectivity index (χ4v) is 3.88. The third kappa shape index (κ3) is 5.92. The van der Waals surface area contributed by atoms with Crippen molar-refractivity contribution >= 4 is 11.9 Å². The highest BCUT2D eigenvalue weighted by atomic mass is 16.5. The summed E-state index contributed by atoms with van der Waals surface area (Å²) >= 11 is 0. The van der Waals surface area contributed by atoms with Crippen molar-refractivity contribution in [3.05, 3.63) is 12.2 Å². The number of urea groups is 1. The molecule has 3 amide bonds. The lowest BCUT2D eigenvalue weighted by Gasteiger charge is -2.34. The molecule has 3 rings (SSSR count). The van der Waals surface area contributed by atoms with Crippen molar-refractivity contribution in [3.63, 3.8) is 0 Å². The Labute approximate surface area is 160 Å². The van der Waals surface area contributed by atoms with E-state index in [2.05, 4.69) is 10.6 Å². The van der Waals surface area contributed by atoms with Gasteiger partial charge in [0.2, 0.25) is 5.91 Å². The molecule has 1 saturated carbocycles. The summed E-state index contributed by atoms with van der Waals surface area (Å²) in [4.78, 5) is 26.4. The van der Waals surface area contributed by atoms with Crippen LogP contribution in [0.25, 0.3) is 0 Å². The SMILES string of the molecule is O=C(NC1CCCCC1)N[C@H]1C=C[C@H](CC(=O)N2CCOCC2)O[C@H]1CO. The number of ether oxygens (including phenoxy) is 2. The van der Waals surface area contributed by atoms with E-state index in [1.165, 1.54) is 6.42 Å². The van der Waals surface area contributed by atoms with E-state index in [4.69, 9.17) is 9.47 Å². The minimum atomic E-state index is -0.561. The Kier molecular flexibility index (Phi) is 7.49. The summed E-state index contributed by atoms with van der Waals surface area (Å²) in [5.41, 5.74) is 0. The van der Waals surface area contributed by atoms with Crippen LogP contribution in [-0.2, 0) is 14.3 Å². The van der Waals surface area contributed by atoms with Gasteiger partial charge >= 0.3 is 6.03 Å². The molecule has 0 aromatic carbocycles. The first-order chi connectivity index (χ1) is 13.2. The van der Waals surface area contributed by atoms with Gasteiger partial charge in [0.05, 0.1) is 38.4 Å². The maximum Gasteiger partial charge on any atom is 0.315 e. The number of nitrogens with one attached hydrogen (secondary N) is 2. The van der Waals surface area contributed by atoms with E-state index in [0.717, 1.165) is 25.7 Å². The van der Waals surface area contributed by atoms with Crippen molar-refractivity contribution in [2.45, 2.75) is 62.8 Å². The minimum absolute atomic E-state index is 0.0195. The van der Waals surface area contributed by atoms with Crippen molar-refractivity contribution in [3.8, 4) is 0 Å². The zero-order valence-electron chi connectivity index (χ0n) is 15.8. The molecule has 2 heterocycles. The Bertz CT molecular complexity index is 529. The second-order valence-electron chi connectivity index (χ2n) is 7.46. The van der Waals surface area contributed by atoms with Gasteiger partial charge in [-0.2, -0.15) is 0 Å². The number of aliphatic hydroxyl groups is 1. The van der Waals surface area contributed by atoms with Crippen LogP contribution in [0.15, 0.2) is 12.2 Å². The Morgan fingerprint density at radius 2 is 1.81 bits per heavy atom. The number of carbonyl (C=O) groups excluding carboxylic acids is 2. The molecule has 2 aliphatic heterocycles. The second-order valence-corrected chi connectivity index (χ2v) is 7.46. The van der Waals surface area contributed by atoms with Gasteiger partial charge < -0.3 is 30.1 Å². The fourth-order valence-electron chi connectivity index (χ4n) is 3.88. The molecule has 0 bridgehead atoms. The van der Waals surface area contributed by atoms with Gasteiger partial charge in [-0.25, -0.2) is 4.79 Å². The summed E-state index contributed by atoms with van der Waals surface area (Å²) in [5.74, 6) is 0.0195. The van der Waals surface area contributed by atoms with E-state index in [9.17, 15) is 14.7 Å². The molecule has 2 fully saturated rings. The number of hydrogen-bond acceptors (Lipinski definition) is 5. The standard InChI is InChI=1S/C19H31N3O5/c23-13-17-16(21-19(25)20-14-4-2-1-3-5-14)7-6-15(27-17)12-18(24)22-8-10-26-11-9-22/h6-7,14-17,23H,1-5,8-13H2,(H2,20,21,25)/t15-,16+,17+/m1/s1. The molecular formula is C19H31N3O5. The van der Waals surface area contributed by atoms with Gasteiger partial charge in [0.25, 0.3) is 0 Å². The van der Waals surface area contributed by atoms with Gasteiger partial charge in [-0.1, -0.05) is 31.4 Å². The first-order valence-corrected chi connectivity index (χ1v) is 10.0. The predicted molar refractivity (Wildman–Crippen MR) is 99.2 cm³/mol. The molecule has 0 radical (unpaired) electrons. The third-order valence-electron chi connectivity index (χ3n) is 5.44. The number of aliphatic hydroxyl groups excluding tert-OH is 1. The highest BCUT2D eigenvalue weighted by molar-refractivity contribution is 5.77. The molecule has 3 aliphatic rings. The maximum absolute atomic E-state index is 12.4. The monoisotopic (exact) mass is 381 g/mol. The van der Waals surface area contributed by atoms with E-state index in [0.29, 0.717) is 26.3 Å². The summed E-state index contributed by atoms with van der Waals surface area (Å²) in [6.45, 7) is 2.11. The van der Waals surface area contributed by atoms with E-state index in [-0.39, 0.29) is 31.0 Å². The lowest BCUT2D eigenvalue weighted by Crippen LogP contribution is -2.53. The average Bonchev–Trinajstić information content (AvgIpc) is 2.70. The zero-order chi connectivity index (χ0) is 19.1. The molecular weight excluding hydrogens is 350 g/mol. The van der Waals surface area contributed by atoms with Gasteiger partial charge in [0.15, 0.2) is 0 Å². The Morgan fingerprint density at radius 1 is 1.07 bits per heavy atom. The molecule has 152 valence electrons. The van der Waals surface area contributed by atoms with Gasteiger partial charge in [0, 0.05) is 19.1 Å². The lowest BCUT2D eigenvalue weighted by atomic mass is 9.96. The number of morpholine rings is 1. The van der Waals surface area contributed by atoms with Gasteiger partial charge in [-0.05, 0) is 12.8 Å². The normalized spacial score (nSPS) is 29.4. The predicted octanol–water partition coefficient (Wildman–Crippen LogP) is 0.552. The molecule has 3 N–H and O–H groups in total. The van der Waals surface area contributed by atoms with Crippen LogP contribution >= 0.6 is 0 Å². The summed E-state index contributed by atoms with van der Waals surface area (Å²) < 4.78 is 11.1. The molecule has 0 aromatic heterocycles. The van der Waals surface area contributed by atoms with Crippen molar-refractivity contribution in [2.75, 3.05) is 32.9 Å². The topological polar surface area (TPSA) is 100 Å².